The summed E-state index contributed by atoms with van der Waals surface area (Å²) in [6.07, 6.45) is 11.2. The first-order valence-corrected chi connectivity index (χ1v) is 5.23. The standard InChI is InChI=1S/C10H15NS/c1-3-4-5-6-7-10(2)11-8-9-12-10/h1,5-6,11H,4,7-9H2,2H3. The molecular formula is C10H15NS. The molecule has 66 valence electrons. The first kappa shape index (κ1) is 9.70. The van der Waals surface area contributed by atoms with Crippen molar-refractivity contribution in [2.24, 2.45) is 0 Å². The van der Waals surface area contributed by atoms with Crippen LogP contribution >= 0.6 is 11.8 Å². The topological polar surface area (TPSA) is 12.0 Å². The Labute approximate surface area is 79.0 Å². The Balaban J connectivity index is 2.26. The molecule has 0 aliphatic carbocycles. The van der Waals surface area contributed by atoms with E-state index in [0.29, 0.717) is 0 Å². The summed E-state index contributed by atoms with van der Waals surface area (Å²) in [5.74, 6) is 3.81. The van der Waals surface area contributed by atoms with E-state index in [9.17, 15) is 0 Å². The lowest BCUT2D eigenvalue weighted by atomic mass is 10.2. The highest BCUT2D eigenvalue weighted by molar-refractivity contribution is 8.00. The molecule has 0 aromatic heterocycles. The summed E-state index contributed by atoms with van der Waals surface area (Å²) in [4.78, 5) is 0.255. The molecule has 1 heterocycles. The average molecular weight is 181 g/mol. The van der Waals surface area contributed by atoms with Crippen molar-refractivity contribution in [2.75, 3.05) is 12.3 Å². The van der Waals surface area contributed by atoms with Crippen LogP contribution in [0.1, 0.15) is 19.8 Å². The van der Waals surface area contributed by atoms with Crippen molar-refractivity contribution in [3.05, 3.63) is 12.2 Å². The Morgan fingerprint density at radius 2 is 2.50 bits per heavy atom. The summed E-state index contributed by atoms with van der Waals surface area (Å²) in [5.41, 5.74) is 0. The van der Waals surface area contributed by atoms with Gasteiger partial charge in [0.25, 0.3) is 0 Å². The average Bonchev–Trinajstić information content (AvgIpc) is 2.47. The Morgan fingerprint density at radius 3 is 3.08 bits per heavy atom. The molecule has 1 nitrogen and oxygen atoms in total. The molecule has 1 rings (SSSR count). The van der Waals surface area contributed by atoms with Crippen molar-refractivity contribution in [3.63, 3.8) is 0 Å². The van der Waals surface area contributed by atoms with E-state index in [4.69, 9.17) is 6.42 Å². The van der Waals surface area contributed by atoms with E-state index >= 15 is 0 Å². The molecule has 1 unspecified atom stereocenters. The van der Waals surface area contributed by atoms with Gasteiger partial charge in [-0.25, -0.2) is 0 Å². The first-order chi connectivity index (χ1) is 5.77. The molecule has 0 aromatic rings. The molecule has 0 saturated carbocycles. The van der Waals surface area contributed by atoms with Crippen molar-refractivity contribution >= 4 is 11.8 Å². The zero-order valence-corrected chi connectivity index (χ0v) is 8.29. The molecule has 0 aromatic carbocycles. The number of hydrogen-bond donors (Lipinski definition) is 1. The SMILES string of the molecule is C#CCC=CCC1(C)NCCS1. The van der Waals surface area contributed by atoms with Gasteiger partial charge in [0.1, 0.15) is 0 Å². The van der Waals surface area contributed by atoms with Crippen LogP contribution in [0, 0.1) is 12.3 Å². The summed E-state index contributed by atoms with van der Waals surface area (Å²) in [6.45, 7) is 3.37. The molecule has 1 aliphatic rings. The summed E-state index contributed by atoms with van der Waals surface area (Å²) >= 11 is 1.99. The molecule has 0 spiro atoms. The number of thioether (sulfide) groups is 1. The summed E-state index contributed by atoms with van der Waals surface area (Å²) in [6, 6.07) is 0. The Kier molecular flexibility index (Phi) is 3.71. The highest BCUT2D eigenvalue weighted by Crippen LogP contribution is 2.30. The van der Waals surface area contributed by atoms with Crippen LogP contribution < -0.4 is 5.32 Å². The third-order valence-electron chi connectivity index (χ3n) is 1.93. The number of allylic oxidation sites excluding steroid dienone is 1. The molecule has 12 heavy (non-hydrogen) atoms. The fraction of sp³-hybridized carbons (Fsp3) is 0.600. The van der Waals surface area contributed by atoms with E-state index in [1.165, 1.54) is 5.75 Å². The minimum atomic E-state index is 0.255. The van der Waals surface area contributed by atoms with E-state index in [1.807, 2.05) is 11.8 Å². The third kappa shape index (κ3) is 2.92. The molecule has 0 bridgehead atoms. The molecule has 1 fully saturated rings. The Morgan fingerprint density at radius 1 is 1.67 bits per heavy atom. The maximum absolute atomic E-state index is 5.13. The molecular weight excluding hydrogens is 166 g/mol. The maximum Gasteiger partial charge on any atom is 0.0652 e. The fourth-order valence-corrected chi connectivity index (χ4v) is 2.31. The lowest BCUT2D eigenvalue weighted by molar-refractivity contribution is 0.551. The van der Waals surface area contributed by atoms with Crippen LogP contribution in [0.5, 0.6) is 0 Å². The zero-order valence-electron chi connectivity index (χ0n) is 7.47. The summed E-state index contributed by atoms with van der Waals surface area (Å²) < 4.78 is 0. The largest absolute Gasteiger partial charge is 0.302 e. The van der Waals surface area contributed by atoms with Gasteiger partial charge in [-0.05, 0) is 13.3 Å². The molecule has 1 saturated heterocycles. The molecule has 1 aliphatic heterocycles. The predicted molar refractivity (Wildman–Crippen MR) is 56.1 cm³/mol. The second kappa shape index (κ2) is 4.59. The monoisotopic (exact) mass is 181 g/mol. The smallest absolute Gasteiger partial charge is 0.0652 e. The summed E-state index contributed by atoms with van der Waals surface area (Å²) in [5, 5.41) is 3.47. The van der Waals surface area contributed by atoms with Gasteiger partial charge in [0.05, 0.1) is 4.87 Å². The Hall–Kier alpha value is -0.390. The van der Waals surface area contributed by atoms with Gasteiger partial charge in [-0.3, -0.25) is 0 Å². The van der Waals surface area contributed by atoms with E-state index < -0.39 is 0 Å². The van der Waals surface area contributed by atoms with Gasteiger partial charge in [0.15, 0.2) is 0 Å². The first-order valence-electron chi connectivity index (χ1n) is 4.24. The summed E-state index contributed by atoms with van der Waals surface area (Å²) in [7, 11) is 0. The van der Waals surface area contributed by atoms with Crippen LogP contribution in [0.3, 0.4) is 0 Å². The number of hydrogen-bond acceptors (Lipinski definition) is 2. The second-order valence-electron chi connectivity index (χ2n) is 3.09. The van der Waals surface area contributed by atoms with E-state index in [1.54, 1.807) is 0 Å². The van der Waals surface area contributed by atoms with Gasteiger partial charge in [-0.1, -0.05) is 12.2 Å². The third-order valence-corrected chi connectivity index (χ3v) is 3.29. The van der Waals surface area contributed by atoms with Gasteiger partial charge in [-0.2, -0.15) is 0 Å². The lowest BCUT2D eigenvalue weighted by Gasteiger charge is -2.20. The number of rotatable bonds is 3. The predicted octanol–water partition coefficient (Wildman–Crippen LogP) is 2.01. The maximum atomic E-state index is 5.13. The Bertz CT molecular complexity index is 196. The molecule has 1 N–H and O–H groups in total. The van der Waals surface area contributed by atoms with Gasteiger partial charge in [0.2, 0.25) is 0 Å². The van der Waals surface area contributed by atoms with E-state index in [0.717, 1.165) is 19.4 Å². The van der Waals surface area contributed by atoms with Gasteiger partial charge >= 0.3 is 0 Å². The van der Waals surface area contributed by atoms with Crippen molar-refractivity contribution in [3.8, 4) is 12.3 Å². The zero-order chi connectivity index (χ0) is 8.86. The molecule has 0 amide bonds. The van der Waals surface area contributed by atoms with Gasteiger partial charge in [0, 0.05) is 18.7 Å². The quantitative estimate of drug-likeness (QED) is 0.528. The van der Waals surface area contributed by atoms with E-state index in [-0.39, 0.29) is 4.87 Å². The number of nitrogens with one attached hydrogen (secondary N) is 1. The van der Waals surface area contributed by atoms with Crippen LogP contribution in [-0.4, -0.2) is 17.2 Å². The normalized spacial score (nSPS) is 29.3. The van der Waals surface area contributed by atoms with E-state index in [2.05, 4.69) is 30.3 Å². The van der Waals surface area contributed by atoms with Crippen LogP contribution in [0.15, 0.2) is 12.2 Å². The second-order valence-corrected chi connectivity index (χ2v) is 4.69. The molecule has 0 radical (unpaired) electrons. The van der Waals surface area contributed by atoms with Crippen molar-refractivity contribution in [1.82, 2.24) is 5.32 Å². The lowest BCUT2D eigenvalue weighted by Crippen LogP contribution is -2.32. The fourth-order valence-electron chi connectivity index (χ4n) is 1.23. The van der Waals surface area contributed by atoms with Crippen LogP contribution in [-0.2, 0) is 0 Å². The number of terminal acetylenes is 1. The van der Waals surface area contributed by atoms with Crippen molar-refractivity contribution < 1.29 is 0 Å². The van der Waals surface area contributed by atoms with Gasteiger partial charge < -0.3 is 5.32 Å². The van der Waals surface area contributed by atoms with Crippen molar-refractivity contribution in [2.45, 2.75) is 24.6 Å². The van der Waals surface area contributed by atoms with Crippen LogP contribution in [0.4, 0.5) is 0 Å². The minimum Gasteiger partial charge on any atom is -0.302 e. The van der Waals surface area contributed by atoms with Crippen molar-refractivity contribution in [1.29, 1.82) is 0 Å². The van der Waals surface area contributed by atoms with Gasteiger partial charge in [-0.15, -0.1) is 24.1 Å². The molecule has 1 atom stereocenters. The van der Waals surface area contributed by atoms with Crippen LogP contribution in [0.2, 0.25) is 0 Å². The highest BCUT2D eigenvalue weighted by Gasteiger charge is 2.26. The minimum absolute atomic E-state index is 0.255. The molecule has 2 heteroatoms. The highest BCUT2D eigenvalue weighted by atomic mass is 32.2. The van der Waals surface area contributed by atoms with Crippen LogP contribution in [0.25, 0.3) is 0 Å².